The fourth-order valence-electron chi connectivity index (χ4n) is 4.52. The zero-order valence-corrected chi connectivity index (χ0v) is 18.6. The van der Waals surface area contributed by atoms with Crippen molar-refractivity contribution in [2.45, 2.75) is 45.6 Å². The number of phenolic OH excluding ortho intramolecular Hbond substituents is 1. The van der Waals surface area contributed by atoms with Gasteiger partial charge in [0.1, 0.15) is 11.5 Å². The third-order valence-electron chi connectivity index (χ3n) is 6.25. The van der Waals surface area contributed by atoms with Gasteiger partial charge in [0.2, 0.25) is 0 Å². The van der Waals surface area contributed by atoms with Crippen LogP contribution in [0.4, 0.5) is 0 Å². The zero-order chi connectivity index (χ0) is 21.2. The highest BCUT2D eigenvalue weighted by atomic mass is 16.5. The number of aliphatic imine (C=N–C) groups is 1. The van der Waals surface area contributed by atoms with Crippen molar-refractivity contribution in [1.29, 1.82) is 0 Å². The maximum Gasteiger partial charge on any atom is 0.191 e. The Morgan fingerprint density at radius 2 is 1.97 bits per heavy atom. The van der Waals surface area contributed by atoms with Crippen LogP contribution < -0.4 is 15.4 Å². The highest BCUT2D eigenvalue weighted by molar-refractivity contribution is 5.79. The predicted molar refractivity (Wildman–Crippen MR) is 120 cm³/mol. The standard InChI is InChI=1S/C23H38N4O3/c1-3-24-22(25-16-19-15-20(29-2)7-8-21(19)28)26-17-23(9-5-4-6-10-23)18-27-11-13-30-14-12-27/h7-8,15,28H,3-6,9-14,16-18H2,1-2H3,(H2,24,25,26). The van der Waals surface area contributed by atoms with Gasteiger partial charge in [-0.25, -0.2) is 4.99 Å². The minimum Gasteiger partial charge on any atom is -0.508 e. The molecular formula is C23H38N4O3. The summed E-state index contributed by atoms with van der Waals surface area (Å²) in [5, 5.41) is 17.1. The smallest absolute Gasteiger partial charge is 0.191 e. The number of rotatable bonds is 8. The number of hydrogen-bond donors (Lipinski definition) is 3. The highest BCUT2D eigenvalue weighted by Gasteiger charge is 2.34. The summed E-state index contributed by atoms with van der Waals surface area (Å²) in [6, 6.07) is 5.25. The third kappa shape index (κ3) is 6.51. The average molecular weight is 419 g/mol. The second-order valence-corrected chi connectivity index (χ2v) is 8.49. The van der Waals surface area contributed by atoms with Crippen LogP contribution in [0.15, 0.2) is 23.2 Å². The van der Waals surface area contributed by atoms with Gasteiger partial charge < -0.3 is 25.2 Å². The molecule has 0 bridgehead atoms. The van der Waals surface area contributed by atoms with Crippen molar-refractivity contribution < 1.29 is 14.6 Å². The number of guanidine groups is 1. The van der Waals surface area contributed by atoms with Crippen molar-refractivity contribution in [3.8, 4) is 11.5 Å². The first-order valence-corrected chi connectivity index (χ1v) is 11.3. The van der Waals surface area contributed by atoms with E-state index in [2.05, 4.69) is 22.5 Å². The van der Waals surface area contributed by atoms with Crippen molar-refractivity contribution >= 4 is 5.96 Å². The Hall–Kier alpha value is -1.99. The largest absolute Gasteiger partial charge is 0.508 e. The Morgan fingerprint density at radius 1 is 1.20 bits per heavy atom. The van der Waals surface area contributed by atoms with E-state index in [0.29, 0.717) is 6.54 Å². The lowest BCUT2D eigenvalue weighted by Crippen LogP contribution is -2.51. The number of benzene rings is 1. The van der Waals surface area contributed by atoms with E-state index in [4.69, 9.17) is 14.5 Å². The minimum atomic E-state index is 0.242. The van der Waals surface area contributed by atoms with Gasteiger partial charge in [-0.05, 0) is 38.0 Å². The van der Waals surface area contributed by atoms with E-state index in [1.54, 1.807) is 19.2 Å². The molecule has 1 aliphatic heterocycles. The number of nitrogens with one attached hydrogen (secondary N) is 2. The van der Waals surface area contributed by atoms with Crippen LogP contribution in [0.1, 0.15) is 44.6 Å². The number of phenols is 1. The molecule has 1 heterocycles. The molecule has 1 aromatic rings. The van der Waals surface area contributed by atoms with Gasteiger partial charge in [-0.15, -0.1) is 0 Å². The SMILES string of the molecule is CCNC(=NCc1cc(OC)ccc1O)NCC1(CN2CCOCC2)CCCCC1. The van der Waals surface area contributed by atoms with Crippen LogP contribution in [0.2, 0.25) is 0 Å². The van der Waals surface area contributed by atoms with Crippen LogP contribution in [0.5, 0.6) is 11.5 Å². The van der Waals surface area contributed by atoms with Crippen LogP contribution in [0.25, 0.3) is 0 Å². The summed E-state index contributed by atoms with van der Waals surface area (Å²) >= 11 is 0. The molecular weight excluding hydrogens is 380 g/mol. The molecule has 0 radical (unpaired) electrons. The molecule has 168 valence electrons. The van der Waals surface area contributed by atoms with E-state index in [1.807, 2.05) is 6.07 Å². The van der Waals surface area contributed by atoms with E-state index in [1.165, 1.54) is 32.1 Å². The van der Waals surface area contributed by atoms with Crippen molar-refractivity contribution in [2.24, 2.45) is 10.4 Å². The Kier molecular flexibility index (Phi) is 8.63. The van der Waals surface area contributed by atoms with Crippen LogP contribution in [-0.2, 0) is 11.3 Å². The lowest BCUT2D eigenvalue weighted by atomic mass is 9.73. The maximum atomic E-state index is 10.1. The Bertz CT molecular complexity index is 683. The summed E-state index contributed by atoms with van der Waals surface area (Å²) in [7, 11) is 1.63. The first-order chi connectivity index (χ1) is 14.6. The summed E-state index contributed by atoms with van der Waals surface area (Å²) in [6.45, 7) is 9.07. The topological polar surface area (TPSA) is 78.4 Å². The maximum absolute atomic E-state index is 10.1. The fourth-order valence-corrected chi connectivity index (χ4v) is 4.52. The van der Waals surface area contributed by atoms with Gasteiger partial charge >= 0.3 is 0 Å². The molecule has 2 aliphatic rings. The van der Waals surface area contributed by atoms with Gasteiger partial charge in [-0.3, -0.25) is 4.90 Å². The van der Waals surface area contributed by atoms with Crippen molar-refractivity contribution in [1.82, 2.24) is 15.5 Å². The van der Waals surface area contributed by atoms with E-state index >= 15 is 0 Å². The molecule has 0 amide bonds. The molecule has 7 heteroatoms. The molecule has 3 N–H and O–H groups in total. The van der Waals surface area contributed by atoms with Crippen LogP contribution >= 0.6 is 0 Å². The number of aromatic hydroxyl groups is 1. The molecule has 0 aromatic heterocycles. The molecule has 0 spiro atoms. The third-order valence-corrected chi connectivity index (χ3v) is 6.25. The fraction of sp³-hybridized carbons (Fsp3) is 0.696. The number of morpholine rings is 1. The van der Waals surface area contributed by atoms with Crippen LogP contribution in [0, 0.1) is 5.41 Å². The first-order valence-electron chi connectivity index (χ1n) is 11.3. The predicted octanol–water partition coefficient (Wildman–Crippen LogP) is 2.74. The lowest BCUT2D eigenvalue weighted by molar-refractivity contribution is 0.00820. The molecule has 2 fully saturated rings. The molecule has 3 rings (SSSR count). The molecule has 1 saturated heterocycles. The summed E-state index contributed by atoms with van der Waals surface area (Å²) in [5.74, 6) is 1.76. The number of nitrogens with zero attached hydrogens (tertiary/aromatic N) is 2. The van der Waals surface area contributed by atoms with Gasteiger partial charge in [0.15, 0.2) is 5.96 Å². The molecule has 30 heavy (non-hydrogen) atoms. The number of methoxy groups -OCH3 is 1. The second kappa shape index (κ2) is 11.4. The van der Waals surface area contributed by atoms with Crippen molar-refractivity contribution in [3.63, 3.8) is 0 Å². The molecule has 1 aliphatic carbocycles. The van der Waals surface area contributed by atoms with Crippen molar-refractivity contribution in [3.05, 3.63) is 23.8 Å². The molecule has 1 saturated carbocycles. The molecule has 7 nitrogen and oxygen atoms in total. The first kappa shape index (κ1) is 22.7. The van der Waals surface area contributed by atoms with Gasteiger partial charge in [0, 0.05) is 43.7 Å². The molecule has 1 aromatic carbocycles. The molecule has 0 atom stereocenters. The summed E-state index contributed by atoms with van der Waals surface area (Å²) in [5.41, 5.74) is 1.04. The van der Waals surface area contributed by atoms with E-state index in [-0.39, 0.29) is 11.2 Å². The highest BCUT2D eigenvalue weighted by Crippen LogP contribution is 2.36. The van der Waals surface area contributed by atoms with Crippen molar-refractivity contribution in [2.75, 3.05) is 53.0 Å². The number of ether oxygens (including phenoxy) is 2. The zero-order valence-electron chi connectivity index (χ0n) is 18.6. The summed E-state index contributed by atoms with van der Waals surface area (Å²) in [6.07, 6.45) is 6.46. The monoisotopic (exact) mass is 418 g/mol. The lowest BCUT2D eigenvalue weighted by Gasteiger charge is -2.42. The average Bonchev–Trinajstić information content (AvgIpc) is 2.78. The Labute approximate surface area is 180 Å². The Morgan fingerprint density at radius 3 is 2.67 bits per heavy atom. The van der Waals surface area contributed by atoms with Crippen LogP contribution in [0.3, 0.4) is 0 Å². The van der Waals surface area contributed by atoms with Gasteiger partial charge in [-0.1, -0.05) is 19.3 Å². The van der Waals surface area contributed by atoms with Gasteiger partial charge in [0.25, 0.3) is 0 Å². The van der Waals surface area contributed by atoms with E-state index in [9.17, 15) is 5.11 Å². The summed E-state index contributed by atoms with van der Waals surface area (Å²) < 4.78 is 10.8. The van der Waals surface area contributed by atoms with Gasteiger partial charge in [0.05, 0.1) is 26.9 Å². The van der Waals surface area contributed by atoms with Gasteiger partial charge in [-0.2, -0.15) is 0 Å². The normalized spacial score (nSPS) is 20.0. The Balaban J connectivity index is 1.65. The van der Waals surface area contributed by atoms with E-state index in [0.717, 1.165) is 63.2 Å². The minimum absolute atomic E-state index is 0.242. The summed E-state index contributed by atoms with van der Waals surface area (Å²) in [4.78, 5) is 7.29. The van der Waals surface area contributed by atoms with E-state index < -0.39 is 0 Å². The second-order valence-electron chi connectivity index (χ2n) is 8.49. The quantitative estimate of drug-likeness (QED) is 0.445. The number of hydrogen-bond acceptors (Lipinski definition) is 5. The van der Waals surface area contributed by atoms with Crippen LogP contribution in [-0.4, -0.2) is 69.0 Å². The molecule has 0 unspecified atom stereocenters.